The Morgan fingerprint density at radius 1 is 1.29 bits per heavy atom. The highest BCUT2D eigenvalue weighted by Gasteiger charge is 2.31. The van der Waals surface area contributed by atoms with E-state index in [1.807, 2.05) is 12.1 Å². The van der Waals surface area contributed by atoms with Crippen molar-refractivity contribution < 1.29 is 9.53 Å². The molecule has 116 valence electrons. The van der Waals surface area contributed by atoms with E-state index in [1.165, 1.54) is 38.3 Å². The van der Waals surface area contributed by atoms with Crippen molar-refractivity contribution in [3.05, 3.63) is 29.8 Å². The third-order valence-corrected chi connectivity index (χ3v) is 4.24. The fraction of sp³-hybridized carbons (Fsp3) is 0.562. The fourth-order valence-electron chi connectivity index (χ4n) is 3.17. The maximum absolute atomic E-state index is 11.0. The van der Waals surface area contributed by atoms with Crippen LogP contribution in [0.4, 0.5) is 5.69 Å². The van der Waals surface area contributed by atoms with Crippen LogP contribution in [0.2, 0.25) is 0 Å². The molecule has 0 aliphatic carbocycles. The Morgan fingerprint density at radius 2 is 2.05 bits per heavy atom. The number of piperidine rings is 1. The number of amides is 1. The van der Waals surface area contributed by atoms with E-state index < -0.39 is 0 Å². The number of carbonyl (C=O) groups is 1. The first-order valence-electron chi connectivity index (χ1n) is 7.45. The van der Waals surface area contributed by atoms with Crippen molar-refractivity contribution in [3.8, 4) is 0 Å². The minimum absolute atomic E-state index is 0. The summed E-state index contributed by atoms with van der Waals surface area (Å²) in [5.41, 5.74) is 2.04. The Labute approximate surface area is 132 Å². The number of rotatable bonds is 2. The number of fused-ring (bicyclic) bond motifs is 1. The number of nitrogens with zero attached hydrogens (tertiary/aromatic N) is 1. The number of carbonyl (C=O) groups excluding carboxylic acids is 1. The molecular formula is C16H23ClN2O2. The van der Waals surface area contributed by atoms with E-state index in [-0.39, 0.29) is 24.4 Å². The first kappa shape index (κ1) is 16.3. The number of nitrogens with one attached hydrogen (secondary N) is 1. The highest BCUT2D eigenvalue weighted by atomic mass is 35.5. The molecule has 0 spiro atoms. The fourth-order valence-corrected chi connectivity index (χ4v) is 3.17. The van der Waals surface area contributed by atoms with Crippen LogP contribution in [0.3, 0.4) is 0 Å². The summed E-state index contributed by atoms with van der Waals surface area (Å²) < 4.78 is 6.03. The van der Waals surface area contributed by atoms with Gasteiger partial charge in [-0.2, -0.15) is 0 Å². The molecule has 0 radical (unpaired) electrons. The van der Waals surface area contributed by atoms with Crippen LogP contribution in [0.25, 0.3) is 0 Å². The van der Waals surface area contributed by atoms with Gasteiger partial charge in [0, 0.05) is 25.2 Å². The average molecular weight is 311 g/mol. The second-order valence-corrected chi connectivity index (χ2v) is 5.77. The third-order valence-electron chi connectivity index (χ3n) is 4.24. The summed E-state index contributed by atoms with van der Waals surface area (Å²) >= 11 is 0. The van der Waals surface area contributed by atoms with Gasteiger partial charge in [0.25, 0.3) is 0 Å². The van der Waals surface area contributed by atoms with E-state index in [9.17, 15) is 4.79 Å². The molecule has 2 fully saturated rings. The number of anilines is 1. The standard InChI is InChI=1S/C16H22N2O2.ClH/c1-12(19)17-14-7-5-13(6-8-14)16-10-18-9-3-2-4-15(18)11-20-16;/h5-8,15-16H,2-4,9-11H2,1H3,(H,17,19);1H. The Hall–Kier alpha value is -1.10. The largest absolute Gasteiger partial charge is 0.371 e. The maximum Gasteiger partial charge on any atom is 0.221 e. The van der Waals surface area contributed by atoms with E-state index in [2.05, 4.69) is 22.3 Å². The molecule has 0 bridgehead atoms. The number of halogens is 1. The van der Waals surface area contributed by atoms with Gasteiger partial charge in [0.15, 0.2) is 0 Å². The summed E-state index contributed by atoms with van der Waals surface area (Å²) in [6.07, 6.45) is 4.08. The second-order valence-electron chi connectivity index (χ2n) is 5.77. The molecule has 21 heavy (non-hydrogen) atoms. The Bertz CT molecular complexity index is 478. The molecule has 2 saturated heterocycles. The molecule has 3 rings (SSSR count). The molecule has 1 aromatic rings. The van der Waals surface area contributed by atoms with Gasteiger partial charge >= 0.3 is 0 Å². The zero-order valence-electron chi connectivity index (χ0n) is 12.4. The molecule has 2 aliphatic rings. The zero-order valence-corrected chi connectivity index (χ0v) is 13.2. The van der Waals surface area contributed by atoms with Crippen molar-refractivity contribution in [1.29, 1.82) is 0 Å². The lowest BCUT2D eigenvalue weighted by Gasteiger charge is -2.42. The lowest BCUT2D eigenvalue weighted by molar-refractivity contribution is -0.114. The molecule has 2 unspecified atom stereocenters. The smallest absolute Gasteiger partial charge is 0.221 e. The monoisotopic (exact) mass is 310 g/mol. The van der Waals surface area contributed by atoms with Crippen LogP contribution in [-0.4, -0.2) is 36.5 Å². The van der Waals surface area contributed by atoms with Crippen LogP contribution in [-0.2, 0) is 9.53 Å². The molecule has 2 atom stereocenters. The van der Waals surface area contributed by atoms with Gasteiger partial charge in [-0.05, 0) is 37.1 Å². The molecule has 0 aromatic heterocycles. The van der Waals surface area contributed by atoms with Gasteiger partial charge in [0.2, 0.25) is 5.91 Å². The molecule has 1 N–H and O–H groups in total. The van der Waals surface area contributed by atoms with Crippen molar-refractivity contribution in [3.63, 3.8) is 0 Å². The molecule has 1 amide bonds. The number of ether oxygens (including phenoxy) is 1. The lowest BCUT2D eigenvalue weighted by atomic mass is 9.98. The first-order chi connectivity index (χ1) is 9.72. The second kappa shape index (κ2) is 7.25. The van der Waals surface area contributed by atoms with E-state index in [1.54, 1.807) is 0 Å². The maximum atomic E-state index is 11.0. The van der Waals surface area contributed by atoms with Gasteiger partial charge in [-0.25, -0.2) is 0 Å². The summed E-state index contributed by atoms with van der Waals surface area (Å²) in [5, 5.41) is 2.79. The van der Waals surface area contributed by atoms with Crippen LogP contribution in [0.1, 0.15) is 37.9 Å². The molecule has 2 aliphatic heterocycles. The SMILES string of the molecule is CC(=O)Nc1ccc(C2CN3CCCCC3CO2)cc1.Cl. The van der Waals surface area contributed by atoms with Crippen LogP contribution in [0.5, 0.6) is 0 Å². The van der Waals surface area contributed by atoms with E-state index in [0.29, 0.717) is 6.04 Å². The number of hydrogen-bond acceptors (Lipinski definition) is 3. The van der Waals surface area contributed by atoms with Crippen LogP contribution in [0, 0.1) is 0 Å². The molecule has 5 heteroatoms. The highest BCUT2D eigenvalue weighted by Crippen LogP contribution is 2.29. The quantitative estimate of drug-likeness (QED) is 0.913. The lowest BCUT2D eigenvalue weighted by Crippen LogP contribution is -2.48. The number of benzene rings is 1. The van der Waals surface area contributed by atoms with Gasteiger partial charge < -0.3 is 10.1 Å². The summed E-state index contributed by atoms with van der Waals surface area (Å²) in [7, 11) is 0. The molecule has 4 nitrogen and oxygen atoms in total. The van der Waals surface area contributed by atoms with Gasteiger partial charge in [-0.3, -0.25) is 9.69 Å². The summed E-state index contributed by atoms with van der Waals surface area (Å²) in [5.74, 6) is -0.0391. The third kappa shape index (κ3) is 3.96. The molecular weight excluding hydrogens is 288 g/mol. The van der Waals surface area contributed by atoms with Gasteiger partial charge in [0.1, 0.15) is 0 Å². The van der Waals surface area contributed by atoms with Gasteiger partial charge in [-0.1, -0.05) is 18.6 Å². The molecule has 0 saturated carbocycles. The van der Waals surface area contributed by atoms with Gasteiger partial charge in [-0.15, -0.1) is 12.4 Å². The predicted octanol–water partition coefficient (Wildman–Crippen LogP) is 2.99. The Balaban J connectivity index is 0.00000161. The summed E-state index contributed by atoms with van der Waals surface area (Å²) in [4.78, 5) is 13.6. The van der Waals surface area contributed by atoms with Crippen LogP contribution >= 0.6 is 12.4 Å². The summed E-state index contributed by atoms with van der Waals surface area (Å²) in [6.45, 7) is 4.56. The number of hydrogen-bond donors (Lipinski definition) is 1. The molecule has 2 heterocycles. The minimum atomic E-state index is -0.0391. The topological polar surface area (TPSA) is 41.6 Å². The van der Waals surface area contributed by atoms with Crippen molar-refractivity contribution in [2.45, 2.75) is 38.3 Å². The van der Waals surface area contributed by atoms with Gasteiger partial charge in [0.05, 0.1) is 12.7 Å². The Morgan fingerprint density at radius 3 is 2.76 bits per heavy atom. The average Bonchev–Trinajstić information content (AvgIpc) is 2.47. The Kier molecular flexibility index (Phi) is 5.62. The van der Waals surface area contributed by atoms with Crippen molar-refractivity contribution in [1.82, 2.24) is 4.90 Å². The van der Waals surface area contributed by atoms with E-state index in [0.717, 1.165) is 18.8 Å². The molecule has 1 aromatic carbocycles. The van der Waals surface area contributed by atoms with Crippen molar-refractivity contribution in [2.75, 3.05) is 25.0 Å². The van der Waals surface area contributed by atoms with Crippen molar-refractivity contribution >= 4 is 24.0 Å². The van der Waals surface area contributed by atoms with E-state index >= 15 is 0 Å². The van der Waals surface area contributed by atoms with Crippen LogP contribution < -0.4 is 5.32 Å². The van der Waals surface area contributed by atoms with E-state index in [4.69, 9.17) is 4.74 Å². The zero-order chi connectivity index (χ0) is 13.9. The number of morpholine rings is 1. The summed E-state index contributed by atoms with van der Waals surface area (Å²) in [6, 6.07) is 8.63. The normalized spacial score (nSPS) is 25.6. The first-order valence-corrected chi connectivity index (χ1v) is 7.45. The van der Waals surface area contributed by atoms with Crippen LogP contribution in [0.15, 0.2) is 24.3 Å². The predicted molar refractivity (Wildman–Crippen MR) is 85.9 cm³/mol. The minimum Gasteiger partial charge on any atom is -0.371 e. The highest BCUT2D eigenvalue weighted by molar-refractivity contribution is 5.88. The van der Waals surface area contributed by atoms with Crippen molar-refractivity contribution in [2.24, 2.45) is 0 Å².